The minimum absolute atomic E-state index is 0.159. The first-order chi connectivity index (χ1) is 17.7. The predicted molar refractivity (Wildman–Crippen MR) is 129 cm³/mol. The number of ether oxygens (including phenoxy) is 3. The van der Waals surface area contributed by atoms with Crippen LogP contribution >= 0.6 is 0 Å². The Morgan fingerprint density at radius 1 is 1.06 bits per heavy atom. The summed E-state index contributed by atoms with van der Waals surface area (Å²) in [7, 11) is 0. The van der Waals surface area contributed by atoms with Crippen LogP contribution in [0.4, 0.5) is 5.82 Å². The molecular weight excluding hydrogens is 464 g/mol. The lowest BCUT2D eigenvalue weighted by Gasteiger charge is -2.21. The topological polar surface area (TPSA) is 133 Å². The van der Waals surface area contributed by atoms with Crippen molar-refractivity contribution in [2.24, 2.45) is 0 Å². The van der Waals surface area contributed by atoms with Gasteiger partial charge in [0.2, 0.25) is 0 Å². The van der Waals surface area contributed by atoms with Crippen molar-refractivity contribution < 1.29 is 24.1 Å². The number of anilines is 1. The molecule has 3 N–H and O–H groups in total. The predicted octanol–water partition coefficient (Wildman–Crippen LogP) is 2.11. The lowest BCUT2D eigenvalue weighted by Crippen LogP contribution is -2.38. The second kappa shape index (κ2) is 10.1. The van der Waals surface area contributed by atoms with Gasteiger partial charge in [-0.05, 0) is 18.4 Å². The van der Waals surface area contributed by atoms with Crippen LogP contribution in [0.5, 0.6) is 0 Å². The fourth-order valence-corrected chi connectivity index (χ4v) is 5.42. The number of aromatic nitrogens is 4. The SMILES string of the molecule is O=C(O)CNCC1OC(n2cnc3c(NC4CCCC4)ncnc32)C2OC(Cc3ccccc3)OC12. The van der Waals surface area contributed by atoms with Crippen molar-refractivity contribution in [3.05, 3.63) is 48.5 Å². The number of imidazole rings is 1. The van der Waals surface area contributed by atoms with Crippen LogP contribution in [-0.4, -0.2) is 74.3 Å². The zero-order valence-corrected chi connectivity index (χ0v) is 19.8. The Kier molecular flexibility index (Phi) is 6.53. The van der Waals surface area contributed by atoms with Crippen molar-refractivity contribution in [1.29, 1.82) is 0 Å². The number of carboxylic acid groups (broad SMARTS) is 1. The smallest absolute Gasteiger partial charge is 0.317 e. The van der Waals surface area contributed by atoms with E-state index < -0.39 is 30.7 Å². The van der Waals surface area contributed by atoms with Crippen LogP contribution in [0.1, 0.15) is 37.5 Å². The molecule has 6 rings (SSSR count). The molecule has 5 atom stereocenters. The number of carbonyl (C=O) groups is 1. The second-order valence-corrected chi connectivity index (χ2v) is 9.58. The fourth-order valence-electron chi connectivity index (χ4n) is 5.42. The molecule has 1 aromatic carbocycles. The Hall–Kier alpha value is -3.12. The molecule has 0 spiro atoms. The van der Waals surface area contributed by atoms with E-state index in [4.69, 9.17) is 19.3 Å². The third kappa shape index (κ3) is 4.66. The van der Waals surface area contributed by atoms with Crippen molar-refractivity contribution in [3.63, 3.8) is 0 Å². The third-order valence-corrected chi connectivity index (χ3v) is 7.10. The van der Waals surface area contributed by atoms with Crippen molar-refractivity contribution >= 4 is 23.0 Å². The van der Waals surface area contributed by atoms with Crippen LogP contribution in [0.3, 0.4) is 0 Å². The van der Waals surface area contributed by atoms with E-state index >= 15 is 0 Å². The lowest BCUT2D eigenvalue weighted by molar-refractivity contribution is -0.144. The maximum absolute atomic E-state index is 11.0. The van der Waals surface area contributed by atoms with Crippen molar-refractivity contribution in [2.45, 2.75) is 69.0 Å². The molecule has 11 heteroatoms. The van der Waals surface area contributed by atoms with Crippen LogP contribution in [0.2, 0.25) is 0 Å². The highest BCUT2D eigenvalue weighted by atomic mass is 16.8. The number of nitrogens with zero attached hydrogens (tertiary/aromatic N) is 4. The molecular formula is C25H30N6O5. The van der Waals surface area contributed by atoms with Gasteiger partial charge in [-0.15, -0.1) is 0 Å². The number of hydrogen-bond donors (Lipinski definition) is 3. The molecule has 190 valence electrons. The molecule has 1 aliphatic carbocycles. The zero-order valence-electron chi connectivity index (χ0n) is 19.8. The van der Waals surface area contributed by atoms with Crippen molar-refractivity contribution in [3.8, 4) is 0 Å². The first-order valence-electron chi connectivity index (χ1n) is 12.5. The summed E-state index contributed by atoms with van der Waals surface area (Å²) in [6, 6.07) is 10.4. The van der Waals surface area contributed by atoms with Gasteiger partial charge >= 0.3 is 5.97 Å². The van der Waals surface area contributed by atoms with E-state index in [9.17, 15) is 4.79 Å². The summed E-state index contributed by atoms with van der Waals surface area (Å²) in [5.41, 5.74) is 2.46. The van der Waals surface area contributed by atoms with Crippen molar-refractivity contribution in [2.75, 3.05) is 18.4 Å². The van der Waals surface area contributed by atoms with Gasteiger partial charge in [-0.1, -0.05) is 43.2 Å². The summed E-state index contributed by atoms with van der Waals surface area (Å²) in [4.78, 5) is 24.6. The summed E-state index contributed by atoms with van der Waals surface area (Å²) >= 11 is 0. The Morgan fingerprint density at radius 2 is 1.86 bits per heavy atom. The Balaban J connectivity index is 1.25. The molecule has 1 saturated carbocycles. The monoisotopic (exact) mass is 494 g/mol. The molecule has 2 aliphatic heterocycles. The molecule has 0 bridgehead atoms. The molecule has 0 amide bonds. The number of aliphatic carboxylic acids is 1. The number of hydrogen-bond acceptors (Lipinski definition) is 9. The largest absolute Gasteiger partial charge is 0.480 e. The van der Waals surface area contributed by atoms with E-state index in [-0.39, 0.29) is 12.6 Å². The van der Waals surface area contributed by atoms with E-state index in [1.807, 2.05) is 34.9 Å². The molecule has 3 aliphatic rings. The first kappa shape index (κ1) is 23.3. The van der Waals surface area contributed by atoms with E-state index in [0.29, 0.717) is 30.2 Å². The normalized spacial score (nSPS) is 28.1. The Morgan fingerprint density at radius 3 is 2.67 bits per heavy atom. The average Bonchev–Trinajstić information content (AvgIpc) is 3.66. The number of rotatable bonds is 9. The Labute approximate surface area is 208 Å². The summed E-state index contributed by atoms with van der Waals surface area (Å²) in [6.07, 6.45) is 6.45. The highest BCUT2D eigenvalue weighted by molar-refractivity contribution is 5.82. The van der Waals surface area contributed by atoms with E-state index in [1.165, 1.54) is 12.8 Å². The van der Waals surface area contributed by atoms with E-state index in [2.05, 4.69) is 25.6 Å². The molecule has 3 fully saturated rings. The average molecular weight is 495 g/mol. The summed E-state index contributed by atoms with van der Waals surface area (Å²) in [5, 5.41) is 15.5. The molecule has 3 aromatic rings. The lowest BCUT2D eigenvalue weighted by atomic mass is 10.1. The molecule has 5 unspecified atom stereocenters. The van der Waals surface area contributed by atoms with Gasteiger partial charge in [0.1, 0.15) is 24.6 Å². The van der Waals surface area contributed by atoms with Gasteiger partial charge in [-0.25, -0.2) is 15.0 Å². The van der Waals surface area contributed by atoms with E-state index in [0.717, 1.165) is 24.2 Å². The highest BCUT2D eigenvalue weighted by Crippen LogP contribution is 2.41. The first-order valence-corrected chi connectivity index (χ1v) is 12.5. The molecule has 4 heterocycles. The second-order valence-electron chi connectivity index (χ2n) is 9.58. The number of benzene rings is 1. The molecule has 2 aromatic heterocycles. The number of nitrogens with one attached hydrogen (secondary N) is 2. The van der Waals surface area contributed by atoms with Gasteiger partial charge in [-0.2, -0.15) is 0 Å². The summed E-state index contributed by atoms with van der Waals surface area (Å²) in [5.74, 6) is -0.198. The molecule has 11 nitrogen and oxygen atoms in total. The maximum Gasteiger partial charge on any atom is 0.317 e. The third-order valence-electron chi connectivity index (χ3n) is 7.10. The highest BCUT2D eigenvalue weighted by Gasteiger charge is 2.53. The minimum atomic E-state index is -0.925. The van der Waals surface area contributed by atoms with Crippen LogP contribution in [0, 0.1) is 0 Å². The maximum atomic E-state index is 11.0. The van der Waals surface area contributed by atoms with Gasteiger partial charge < -0.3 is 30.0 Å². The fraction of sp³-hybridized carbons (Fsp3) is 0.520. The quantitative estimate of drug-likeness (QED) is 0.406. The van der Waals surface area contributed by atoms with Crippen LogP contribution in [0.25, 0.3) is 11.2 Å². The summed E-state index contributed by atoms with van der Waals surface area (Å²) < 4.78 is 20.9. The zero-order chi connectivity index (χ0) is 24.5. The molecule has 2 saturated heterocycles. The number of fused-ring (bicyclic) bond motifs is 2. The molecule has 0 radical (unpaired) electrons. The van der Waals surface area contributed by atoms with Gasteiger partial charge in [0.05, 0.1) is 12.9 Å². The van der Waals surface area contributed by atoms with E-state index in [1.54, 1.807) is 12.7 Å². The number of carboxylic acids is 1. The van der Waals surface area contributed by atoms with Gasteiger partial charge in [0.25, 0.3) is 0 Å². The van der Waals surface area contributed by atoms with Crippen LogP contribution in [0.15, 0.2) is 43.0 Å². The van der Waals surface area contributed by atoms with Gasteiger partial charge in [-0.3, -0.25) is 9.36 Å². The van der Waals surface area contributed by atoms with Crippen LogP contribution in [-0.2, 0) is 25.4 Å². The van der Waals surface area contributed by atoms with Gasteiger partial charge in [0.15, 0.2) is 29.5 Å². The molecule has 36 heavy (non-hydrogen) atoms. The summed E-state index contributed by atoms with van der Waals surface area (Å²) in [6.45, 7) is 0.162. The Bertz CT molecular complexity index is 1200. The standard InChI is InChI=1S/C25H30N6O5/c32-18(33)12-26-11-17-21-22(36-19(35-21)10-15-6-2-1-3-7-15)25(34-17)31-14-29-20-23(27-13-28-24(20)31)30-16-8-4-5-9-16/h1-3,6-7,13-14,16-17,19,21-22,25-26H,4-5,8-12H2,(H,32,33)(H,27,28,30). The van der Waals surface area contributed by atoms with Crippen molar-refractivity contribution in [1.82, 2.24) is 24.8 Å². The minimum Gasteiger partial charge on any atom is -0.480 e. The van der Waals surface area contributed by atoms with Crippen LogP contribution < -0.4 is 10.6 Å². The van der Waals surface area contributed by atoms with Gasteiger partial charge in [0, 0.05) is 19.0 Å².